The number of piperidine rings is 1. The van der Waals surface area contributed by atoms with Crippen molar-refractivity contribution in [3.63, 3.8) is 0 Å². The standard InChI is InChI=1S/C17H22N2O2/c1-19-9-5-4-7-15(19)12-21-17-16-8-3-2-6-13(16)10-14(11-20)18-17/h2-3,6,8,10,15,20H,4-5,7,9,11-12H2,1H3. The predicted octanol–water partition coefficient (Wildman–Crippen LogP) is 2.59. The molecular formula is C17H22N2O2. The van der Waals surface area contributed by atoms with Gasteiger partial charge in [-0.15, -0.1) is 0 Å². The number of hydrogen-bond acceptors (Lipinski definition) is 4. The Labute approximate surface area is 125 Å². The zero-order chi connectivity index (χ0) is 14.7. The van der Waals surface area contributed by atoms with Gasteiger partial charge in [-0.1, -0.05) is 24.6 Å². The molecule has 0 amide bonds. The number of aliphatic hydroxyl groups is 1. The van der Waals surface area contributed by atoms with E-state index in [1.54, 1.807) is 0 Å². The van der Waals surface area contributed by atoms with E-state index < -0.39 is 0 Å². The van der Waals surface area contributed by atoms with Gasteiger partial charge < -0.3 is 14.7 Å². The molecule has 1 aliphatic heterocycles. The number of hydrogen-bond donors (Lipinski definition) is 1. The maximum absolute atomic E-state index is 9.35. The van der Waals surface area contributed by atoms with E-state index >= 15 is 0 Å². The third-order valence-electron chi connectivity index (χ3n) is 4.25. The molecule has 1 N–H and O–H groups in total. The van der Waals surface area contributed by atoms with Crippen molar-refractivity contribution in [3.05, 3.63) is 36.0 Å². The Bertz CT molecular complexity index is 615. The number of benzene rings is 1. The number of ether oxygens (including phenoxy) is 1. The average molecular weight is 286 g/mol. The number of nitrogens with zero attached hydrogens (tertiary/aromatic N) is 2. The lowest BCUT2D eigenvalue weighted by Crippen LogP contribution is -2.40. The largest absolute Gasteiger partial charge is 0.476 e. The summed E-state index contributed by atoms with van der Waals surface area (Å²) in [4.78, 5) is 6.80. The summed E-state index contributed by atoms with van der Waals surface area (Å²) < 4.78 is 6.01. The van der Waals surface area contributed by atoms with Crippen LogP contribution in [0.15, 0.2) is 30.3 Å². The van der Waals surface area contributed by atoms with Crippen LogP contribution in [-0.4, -0.2) is 41.2 Å². The molecule has 1 saturated heterocycles. The first-order valence-electron chi connectivity index (χ1n) is 7.60. The fourth-order valence-corrected chi connectivity index (χ4v) is 2.94. The molecule has 0 aliphatic carbocycles. The summed E-state index contributed by atoms with van der Waals surface area (Å²) in [7, 11) is 2.16. The van der Waals surface area contributed by atoms with Crippen molar-refractivity contribution in [2.24, 2.45) is 0 Å². The van der Waals surface area contributed by atoms with Gasteiger partial charge >= 0.3 is 0 Å². The lowest BCUT2D eigenvalue weighted by atomic mass is 10.0. The fourth-order valence-electron chi connectivity index (χ4n) is 2.94. The molecule has 2 aromatic rings. The maximum Gasteiger partial charge on any atom is 0.221 e. The summed E-state index contributed by atoms with van der Waals surface area (Å²) in [6, 6.07) is 10.4. The van der Waals surface area contributed by atoms with Crippen LogP contribution in [0.3, 0.4) is 0 Å². The Morgan fingerprint density at radius 1 is 1.33 bits per heavy atom. The van der Waals surface area contributed by atoms with Gasteiger partial charge in [0, 0.05) is 11.4 Å². The van der Waals surface area contributed by atoms with E-state index in [2.05, 4.69) is 16.9 Å². The van der Waals surface area contributed by atoms with Crippen LogP contribution in [0.5, 0.6) is 5.88 Å². The molecule has 3 rings (SSSR count). The first-order valence-corrected chi connectivity index (χ1v) is 7.60. The van der Waals surface area contributed by atoms with Crippen LogP contribution in [0, 0.1) is 0 Å². The zero-order valence-electron chi connectivity index (χ0n) is 12.5. The third-order valence-corrected chi connectivity index (χ3v) is 4.25. The highest BCUT2D eigenvalue weighted by atomic mass is 16.5. The summed E-state index contributed by atoms with van der Waals surface area (Å²) in [5.41, 5.74) is 0.653. The van der Waals surface area contributed by atoms with Gasteiger partial charge in [0.05, 0.1) is 12.3 Å². The summed E-state index contributed by atoms with van der Waals surface area (Å²) in [5, 5.41) is 11.4. The lowest BCUT2D eigenvalue weighted by Gasteiger charge is -2.32. The van der Waals surface area contributed by atoms with Crippen LogP contribution in [0.1, 0.15) is 25.0 Å². The number of likely N-dealkylation sites (N-methyl/N-ethyl adjacent to an activating group) is 1. The first-order chi connectivity index (χ1) is 10.3. The van der Waals surface area contributed by atoms with Crippen LogP contribution in [0.4, 0.5) is 0 Å². The molecule has 1 fully saturated rings. The van der Waals surface area contributed by atoms with Gasteiger partial charge in [0.15, 0.2) is 0 Å². The van der Waals surface area contributed by atoms with Crippen molar-refractivity contribution in [2.45, 2.75) is 31.9 Å². The SMILES string of the molecule is CN1CCCCC1COc1nc(CO)cc2ccccc12. The van der Waals surface area contributed by atoms with Gasteiger partial charge in [-0.05, 0) is 44.0 Å². The summed E-state index contributed by atoms with van der Waals surface area (Å²) in [6.45, 7) is 1.73. The normalized spacial score (nSPS) is 19.8. The van der Waals surface area contributed by atoms with Crippen LogP contribution in [0.2, 0.25) is 0 Å². The molecule has 1 aromatic heterocycles. The van der Waals surface area contributed by atoms with E-state index in [0.29, 0.717) is 24.2 Å². The monoisotopic (exact) mass is 286 g/mol. The number of aliphatic hydroxyl groups excluding tert-OH is 1. The molecule has 4 heteroatoms. The van der Waals surface area contributed by atoms with Crippen molar-refractivity contribution in [3.8, 4) is 5.88 Å². The first kappa shape index (κ1) is 14.3. The van der Waals surface area contributed by atoms with Gasteiger partial charge in [0.25, 0.3) is 0 Å². The Balaban J connectivity index is 1.82. The molecular weight excluding hydrogens is 264 g/mol. The van der Waals surface area contributed by atoms with E-state index in [1.165, 1.54) is 19.3 Å². The van der Waals surface area contributed by atoms with Crippen molar-refractivity contribution < 1.29 is 9.84 Å². The Morgan fingerprint density at radius 2 is 2.19 bits per heavy atom. The molecule has 0 radical (unpaired) electrons. The molecule has 1 aromatic carbocycles. The molecule has 0 saturated carbocycles. The lowest BCUT2D eigenvalue weighted by molar-refractivity contribution is 0.123. The van der Waals surface area contributed by atoms with Crippen LogP contribution < -0.4 is 4.74 Å². The minimum Gasteiger partial charge on any atom is -0.476 e. The quantitative estimate of drug-likeness (QED) is 0.938. The predicted molar refractivity (Wildman–Crippen MR) is 83.4 cm³/mol. The minimum absolute atomic E-state index is 0.0650. The average Bonchev–Trinajstić information content (AvgIpc) is 2.53. The summed E-state index contributed by atoms with van der Waals surface area (Å²) >= 11 is 0. The second kappa shape index (κ2) is 6.41. The number of fused-ring (bicyclic) bond motifs is 1. The van der Waals surface area contributed by atoms with Crippen molar-refractivity contribution >= 4 is 10.8 Å². The van der Waals surface area contributed by atoms with Crippen LogP contribution in [0.25, 0.3) is 10.8 Å². The Morgan fingerprint density at radius 3 is 3.00 bits per heavy atom. The van der Waals surface area contributed by atoms with Gasteiger partial charge in [-0.25, -0.2) is 4.98 Å². The van der Waals surface area contributed by atoms with Crippen LogP contribution >= 0.6 is 0 Å². The molecule has 4 nitrogen and oxygen atoms in total. The highest BCUT2D eigenvalue weighted by Gasteiger charge is 2.20. The molecule has 1 unspecified atom stereocenters. The Kier molecular flexibility index (Phi) is 4.36. The molecule has 21 heavy (non-hydrogen) atoms. The van der Waals surface area contributed by atoms with E-state index in [1.807, 2.05) is 30.3 Å². The van der Waals surface area contributed by atoms with E-state index in [4.69, 9.17) is 4.74 Å². The highest BCUT2D eigenvalue weighted by Crippen LogP contribution is 2.25. The summed E-state index contributed by atoms with van der Waals surface area (Å²) in [6.07, 6.45) is 3.71. The fraction of sp³-hybridized carbons (Fsp3) is 0.471. The molecule has 112 valence electrons. The molecule has 2 heterocycles. The maximum atomic E-state index is 9.35. The van der Waals surface area contributed by atoms with E-state index in [9.17, 15) is 5.11 Å². The van der Waals surface area contributed by atoms with Crippen molar-refractivity contribution in [2.75, 3.05) is 20.2 Å². The number of rotatable bonds is 4. The third kappa shape index (κ3) is 3.17. The van der Waals surface area contributed by atoms with Gasteiger partial charge in [0.2, 0.25) is 5.88 Å². The van der Waals surface area contributed by atoms with Gasteiger partial charge in [0.1, 0.15) is 6.61 Å². The second-order valence-electron chi connectivity index (χ2n) is 5.74. The molecule has 1 aliphatic rings. The van der Waals surface area contributed by atoms with E-state index in [0.717, 1.165) is 17.3 Å². The number of pyridine rings is 1. The van der Waals surface area contributed by atoms with Gasteiger partial charge in [-0.3, -0.25) is 0 Å². The highest BCUT2D eigenvalue weighted by molar-refractivity contribution is 5.87. The smallest absolute Gasteiger partial charge is 0.221 e. The zero-order valence-corrected chi connectivity index (χ0v) is 12.5. The molecule has 1 atom stereocenters. The Hall–Kier alpha value is -1.65. The minimum atomic E-state index is -0.0650. The number of likely N-dealkylation sites (tertiary alicyclic amines) is 1. The number of aromatic nitrogens is 1. The van der Waals surface area contributed by atoms with Gasteiger partial charge in [-0.2, -0.15) is 0 Å². The van der Waals surface area contributed by atoms with Crippen molar-refractivity contribution in [1.29, 1.82) is 0 Å². The second-order valence-corrected chi connectivity index (χ2v) is 5.74. The van der Waals surface area contributed by atoms with E-state index in [-0.39, 0.29) is 6.61 Å². The van der Waals surface area contributed by atoms with Crippen LogP contribution in [-0.2, 0) is 6.61 Å². The molecule has 0 bridgehead atoms. The van der Waals surface area contributed by atoms with Crippen molar-refractivity contribution in [1.82, 2.24) is 9.88 Å². The summed E-state index contributed by atoms with van der Waals surface area (Å²) in [5.74, 6) is 0.635. The topological polar surface area (TPSA) is 45.6 Å². The molecule has 0 spiro atoms.